The van der Waals surface area contributed by atoms with Crippen LogP contribution in [0.5, 0.6) is 11.5 Å². The van der Waals surface area contributed by atoms with Crippen LogP contribution in [0.2, 0.25) is 10.0 Å². The number of sulfonamides is 2. The molecule has 0 saturated carbocycles. The first-order valence-corrected chi connectivity index (χ1v) is 31.4. The highest BCUT2D eigenvalue weighted by molar-refractivity contribution is 8.13. The van der Waals surface area contributed by atoms with Gasteiger partial charge in [-0.05, 0) is 149 Å². The lowest BCUT2D eigenvalue weighted by atomic mass is 10.1. The Kier molecular flexibility index (Phi) is 26.6. The zero-order valence-electron chi connectivity index (χ0n) is 45.5. The van der Waals surface area contributed by atoms with Crippen molar-refractivity contribution in [2.75, 3.05) is 103 Å². The number of halogens is 2. The number of nitrogens with zero attached hydrogens (tertiary/aromatic N) is 7. The number of urea groups is 1. The topological polar surface area (TPSA) is 268 Å². The molecule has 3 heterocycles. The predicted molar refractivity (Wildman–Crippen MR) is 326 cm³/mol. The number of nitrogens with one attached hydrogen (secondary N) is 4. The van der Waals surface area contributed by atoms with Crippen molar-refractivity contribution in [1.29, 1.82) is 5.26 Å². The number of carbonyl (C=O) groups is 1. The van der Waals surface area contributed by atoms with E-state index in [1.54, 1.807) is 42.7 Å². The normalized spacial score (nSPS) is 12.8. The largest absolute Gasteiger partial charge is 0.497 e. The van der Waals surface area contributed by atoms with Gasteiger partial charge in [-0.1, -0.05) is 46.7 Å². The summed E-state index contributed by atoms with van der Waals surface area (Å²) in [5.74, 6) is 1.14. The first-order chi connectivity index (χ1) is 38.4. The van der Waals surface area contributed by atoms with Crippen molar-refractivity contribution in [3.05, 3.63) is 118 Å². The summed E-state index contributed by atoms with van der Waals surface area (Å²) in [6.07, 6.45) is 8.90. The number of hydrogen-bond acceptors (Lipinski definition) is 17. The van der Waals surface area contributed by atoms with Crippen molar-refractivity contribution in [2.45, 2.75) is 49.3 Å². The Hall–Kier alpha value is -6.14. The maximum Gasteiger partial charge on any atom is 0.318 e. The average molecular weight is 1210 g/mol. The summed E-state index contributed by atoms with van der Waals surface area (Å²) in [4.78, 5) is 29.2. The number of carbonyl (C=O) groups excluding carboxylic acids is 1. The fourth-order valence-electron chi connectivity index (χ4n) is 7.91. The molecule has 1 aliphatic heterocycles. The number of amides is 2. The van der Waals surface area contributed by atoms with Crippen molar-refractivity contribution in [3.8, 4) is 17.7 Å². The number of anilines is 2. The second-order valence-corrected chi connectivity index (χ2v) is 23.8. The van der Waals surface area contributed by atoms with Gasteiger partial charge in [-0.2, -0.15) is 13.9 Å². The molecule has 80 heavy (non-hydrogen) atoms. The lowest BCUT2D eigenvalue weighted by molar-refractivity contribution is 0.198. The van der Waals surface area contributed by atoms with Gasteiger partial charge in [-0.25, -0.2) is 21.6 Å². The first-order valence-electron chi connectivity index (χ1n) is 25.3. The molecule has 20 nitrogen and oxygen atoms in total. The van der Waals surface area contributed by atoms with Crippen LogP contribution < -0.4 is 36.5 Å². The van der Waals surface area contributed by atoms with Gasteiger partial charge in [0.2, 0.25) is 20.0 Å². The van der Waals surface area contributed by atoms with Crippen molar-refractivity contribution >= 4 is 116 Å². The molecule has 0 unspecified atom stereocenters. The quantitative estimate of drug-likeness (QED) is 0.0139. The molecule has 0 atom stereocenters. The van der Waals surface area contributed by atoms with Gasteiger partial charge in [0.1, 0.15) is 11.5 Å². The average Bonchev–Trinajstić information content (AvgIpc) is 4.05. The molecule has 1 fully saturated rings. The number of fused-ring (bicyclic) bond motifs is 2. The van der Waals surface area contributed by atoms with Gasteiger partial charge >= 0.3 is 6.03 Å². The SMILES string of the molecule is C1CCOC1.COc1ccc(S(=O)(=O)N(CCCN=C(NC#N)SC)CCNc2cc(C)nc3ccc(Cl)cc23)cc1.COc1ccc(S(=O)(=O)N(CCCN=C(NC(N)=O)SC)CCNc2cc(C)nc3ccc(Cl)cc23)cc1. The zero-order chi connectivity index (χ0) is 58.1. The number of hydrogen-bond donors (Lipinski definition) is 5. The van der Waals surface area contributed by atoms with Gasteiger partial charge in [0.25, 0.3) is 0 Å². The number of primary amides is 1. The number of aliphatic imine (C=N–C) groups is 2. The Morgan fingerprint density at radius 1 is 0.688 bits per heavy atom. The van der Waals surface area contributed by atoms with E-state index in [2.05, 4.69) is 41.2 Å². The molecule has 1 aliphatic rings. The van der Waals surface area contributed by atoms with Gasteiger partial charge in [0.15, 0.2) is 16.5 Å². The maximum absolute atomic E-state index is 13.5. The van der Waals surface area contributed by atoms with Gasteiger partial charge in [0.05, 0.1) is 35.0 Å². The summed E-state index contributed by atoms with van der Waals surface area (Å²) in [6.45, 7) is 8.13. The van der Waals surface area contributed by atoms with Gasteiger partial charge < -0.3 is 30.6 Å². The Morgan fingerprint density at radius 3 is 1.48 bits per heavy atom. The lowest BCUT2D eigenvalue weighted by Crippen LogP contribution is -2.36. The van der Waals surface area contributed by atoms with E-state index in [0.29, 0.717) is 70.9 Å². The third-order valence-corrected chi connectivity index (χ3v) is 17.3. The number of aromatic nitrogens is 2. The van der Waals surface area contributed by atoms with Crippen LogP contribution >= 0.6 is 46.7 Å². The van der Waals surface area contributed by atoms with Crippen LogP contribution in [0.4, 0.5) is 16.2 Å². The number of nitrogens with two attached hydrogens (primary N) is 1. The Labute approximate surface area is 487 Å². The van der Waals surface area contributed by atoms with Crippen molar-refractivity contribution < 1.29 is 35.8 Å². The number of nitriles is 1. The van der Waals surface area contributed by atoms with Crippen LogP contribution in [-0.4, -0.2) is 144 Å². The molecule has 7 rings (SSSR count). The molecule has 2 aromatic heterocycles. The zero-order valence-corrected chi connectivity index (χ0v) is 50.3. The molecule has 1 saturated heterocycles. The third-order valence-electron chi connectivity index (χ3n) is 11.8. The molecule has 2 amide bonds. The van der Waals surface area contributed by atoms with E-state index in [1.165, 1.54) is 83.5 Å². The number of methoxy groups -OCH3 is 2. The van der Waals surface area contributed by atoms with E-state index in [9.17, 15) is 21.6 Å². The van der Waals surface area contributed by atoms with Crippen molar-refractivity contribution in [1.82, 2.24) is 29.2 Å². The van der Waals surface area contributed by atoms with E-state index in [-0.39, 0.29) is 36.0 Å². The Bertz CT molecular complexity index is 3310. The number of ether oxygens (including phenoxy) is 3. The van der Waals surface area contributed by atoms with Crippen LogP contribution in [0.15, 0.2) is 117 Å². The Morgan fingerprint density at radius 2 is 1.11 bits per heavy atom. The molecular weight excluding hydrogens is 1140 g/mol. The Balaban J connectivity index is 0.000000270. The smallest absolute Gasteiger partial charge is 0.318 e. The molecule has 4 aromatic carbocycles. The molecule has 430 valence electrons. The van der Waals surface area contributed by atoms with E-state index >= 15 is 0 Å². The molecule has 0 radical (unpaired) electrons. The minimum atomic E-state index is -3.80. The van der Waals surface area contributed by atoms with Gasteiger partial charge in [-0.15, -0.1) is 0 Å². The number of benzene rings is 4. The van der Waals surface area contributed by atoms with E-state index in [1.807, 2.05) is 62.7 Å². The number of pyridine rings is 2. The molecule has 0 bridgehead atoms. The molecule has 0 spiro atoms. The monoisotopic (exact) mass is 1210 g/mol. The molecule has 6 aromatic rings. The predicted octanol–water partition coefficient (Wildman–Crippen LogP) is 9.37. The van der Waals surface area contributed by atoms with Crippen molar-refractivity contribution in [3.63, 3.8) is 0 Å². The summed E-state index contributed by atoms with van der Waals surface area (Å²) < 4.78 is 72.2. The second-order valence-electron chi connectivity index (χ2n) is 17.5. The molecule has 6 N–H and O–H groups in total. The maximum atomic E-state index is 13.5. The lowest BCUT2D eigenvalue weighted by Gasteiger charge is -2.23. The van der Waals surface area contributed by atoms with Crippen LogP contribution in [0.3, 0.4) is 0 Å². The fourth-order valence-corrected chi connectivity index (χ4v) is 12.0. The summed E-state index contributed by atoms with van der Waals surface area (Å²) in [7, 11) is -4.52. The molecule has 0 aliphatic carbocycles. The van der Waals surface area contributed by atoms with E-state index < -0.39 is 26.1 Å². The van der Waals surface area contributed by atoms with Crippen LogP contribution in [0.1, 0.15) is 37.1 Å². The fraction of sp³-hybridized carbons (Fsp3) is 0.370. The van der Waals surface area contributed by atoms with Crippen molar-refractivity contribution in [2.24, 2.45) is 15.7 Å². The van der Waals surface area contributed by atoms with E-state index in [4.69, 9.17) is 48.4 Å². The van der Waals surface area contributed by atoms with E-state index in [0.717, 1.165) is 57.8 Å². The van der Waals surface area contributed by atoms with Gasteiger partial charge in [0, 0.05) is 109 Å². The first kappa shape index (κ1) is 64.7. The summed E-state index contributed by atoms with van der Waals surface area (Å²) in [6, 6.07) is 26.7. The second kappa shape index (κ2) is 32.9. The molecule has 26 heteroatoms. The van der Waals surface area contributed by atoms with Crippen LogP contribution in [0.25, 0.3) is 21.8 Å². The number of thioether (sulfide) groups is 2. The summed E-state index contributed by atoms with van der Waals surface area (Å²) in [5, 5.41) is 24.2. The third kappa shape index (κ3) is 20.1. The summed E-state index contributed by atoms with van der Waals surface area (Å²) >= 11 is 15.0. The van der Waals surface area contributed by atoms with Gasteiger partial charge in [-0.3, -0.25) is 30.6 Å². The number of rotatable bonds is 22. The van der Waals surface area contributed by atoms with Crippen LogP contribution in [0, 0.1) is 25.3 Å². The highest BCUT2D eigenvalue weighted by Crippen LogP contribution is 2.29. The minimum absolute atomic E-state index is 0.166. The summed E-state index contributed by atoms with van der Waals surface area (Å²) in [5.41, 5.74) is 10.1. The standard InChI is InChI=1S/C25H31ClN6O4S2.C25H29ClN6O3S2.C4H8O/c1-17-15-23(21-16-18(26)5-10-22(21)30-17)28-12-14-32(13-4-11-29-25(37-3)31-24(27)33)38(34,35)20-8-6-19(36-2)7-9-20;1-18-15-24(22-16-19(26)5-10-23(22)31-18)28-12-14-32(13-4-11-29-25(36-3)30-17-27)37(33,34)21-8-6-20(35-2)7-9-21;1-2-4-5-3-1/h5-10,15-16H,4,11-14H2,1-3H3,(H,28,30)(H3,27,29,31,33);5-10,15-16H,4,11-14H2,1-3H3,(H,28,31)(H,29,30);1-4H2. The molecular formula is C54H68Cl2N12O8S4. The highest BCUT2D eigenvalue weighted by Gasteiger charge is 2.26. The highest BCUT2D eigenvalue weighted by atomic mass is 35.5. The number of aryl methyl sites for hydroxylation is 2. The van der Waals surface area contributed by atoms with Crippen LogP contribution in [-0.2, 0) is 24.8 Å². The minimum Gasteiger partial charge on any atom is -0.497 e. The number of amidine groups is 2.